The summed E-state index contributed by atoms with van der Waals surface area (Å²) in [4.78, 5) is 26.2. The highest BCUT2D eigenvalue weighted by Gasteiger charge is 2.23. The maximum atomic E-state index is 12.2. The third-order valence-electron chi connectivity index (χ3n) is 5.72. The molecule has 29 heavy (non-hydrogen) atoms. The number of fused-ring (bicyclic) bond motifs is 3. The average Bonchev–Trinajstić information content (AvgIpc) is 3.04. The van der Waals surface area contributed by atoms with Crippen molar-refractivity contribution in [3.8, 4) is 17.0 Å². The fourth-order valence-corrected chi connectivity index (χ4v) is 4.22. The molecule has 0 spiro atoms. The number of aryl methyl sites for hydroxylation is 1. The lowest BCUT2D eigenvalue weighted by Gasteiger charge is -2.22. The molecule has 3 heterocycles. The first-order valence-corrected chi connectivity index (χ1v) is 9.46. The Morgan fingerprint density at radius 3 is 2.79 bits per heavy atom. The Kier molecular flexibility index (Phi) is 5.73. The van der Waals surface area contributed by atoms with Gasteiger partial charge in [-0.15, -0.1) is 12.4 Å². The number of nitrogens with one attached hydrogen (secondary N) is 2. The van der Waals surface area contributed by atoms with Gasteiger partial charge in [0.15, 0.2) is 5.56 Å². The van der Waals surface area contributed by atoms with Crippen LogP contribution in [0.1, 0.15) is 40.5 Å². The zero-order chi connectivity index (χ0) is 20.0. The number of likely N-dealkylation sites (N-methyl/N-ethyl adjacent to an activating group) is 1. The van der Waals surface area contributed by atoms with Gasteiger partial charge in [0.1, 0.15) is 5.75 Å². The van der Waals surface area contributed by atoms with Crippen LogP contribution in [0.25, 0.3) is 16.8 Å². The van der Waals surface area contributed by atoms with Crippen LogP contribution in [0.4, 0.5) is 0 Å². The van der Waals surface area contributed by atoms with E-state index in [1.807, 2.05) is 32.3 Å². The number of aromatic amines is 1. The van der Waals surface area contributed by atoms with Gasteiger partial charge in [-0.05, 0) is 50.1 Å². The van der Waals surface area contributed by atoms with Crippen molar-refractivity contribution in [2.45, 2.75) is 38.6 Å². The van der Waals surface area contributed by atoms with E-state index < -0.39 is 22.8 Å². The number of hydrogen-bond acceptors (Lipinski definition) is 4. The van der Waals surface area contributed by atoms with Crippen molar-refractivity contribution in [1.29, 1.82) is 0 Å². The van der Waals surface area contributed by atoms with E-state index in [9.17, 15) is 19.8 Å². The normalized spacial score (nSPS) is 15.7. The van der Waals surface area contributed by atoms with Gasteiger partial charge in [-0.1, -0.05) is 6.92 Å². The van der Waals surface area contributed by atoms with E-state index in [0.29, 0.717) is 23.7 Å². The Balaban J connectivity index is 0.00000240. The fraction of sp³-hybridized carbons (Fsp3) is 0.333. The predicted octanol–water partition coefficient (Wildman–Crippen LogP) is 2.76. The van der Waals surface area contributed by atoms with Crippen LogP contribution in [0.2, 0.25) is 0 Å². The highest BCUT2D eigenvalue weighted by Crippen LogP contribution is 2.32. The monoisotopic (exact) mass is 417 g/mol. The molecule has 0 saturated heterocycles. The molecule has 0 fully saturated rings. The third-order valence-corrected chi connectivity index (χ3v) is 5.72. The van der Waals surface area contributed by atoms with Gasteiger partial charge in [0, 0.05) is 41.0 Å². The molecular weight excluding hydrogens is 394 g/mol. The van der Waals surface area contributed by atoms with Crippen LogP contribution in [-0.2, 0) is 19.3 Å². The van der Waals surface area contributed by atoms with Crippen molar-refractivity contribution in [3.63, 3.8) is 0 Å². The Morgan fingerprint density at radius 2 is 2.14 bits per heavy atom. The van der Waals surface area contributed by atoms with Crippen LogP contribution in [0.3, 0.4) is 0 Å². The minimum Gasteiger partial charge on any atom is -0.506 e. The Hall–Kier alpha value is -2.77. The lowest BCUT2D eigenvalue weighted by molar-refractivity contribution is 0.0691. The van der Waals surface area contributed by atoms with Crippen LogP contribution in [-0.4, -0.2) is 38.7 Å². The van der Waals surface area contributed by atoms with E-state index in [0.717, 1.165) is 30.3 Å². The summed E-state index contributed by atoms with van der Waals surface area (Å²) in [6.07, 6.45) is 5.45. The summed E-state index contributed by atoms with van der Waals surface area (Å²) < 4.78 is 2.16. The summed E-state index contributed by atoms with van der Waals surface area (Å²) in [7, 11) is 1.99. The number of pyridine rings is 2. The molecule has 0 aliphatic heterocycles. The van der Waals surface area contributed by atoms with Crippen molar-refractivity contribution < 1.29 is 15.0 Å². The third kappa shape index (κ3) is 3.41. The van der Waals surface area contributed by atoms with Crippen molar-refractivity contribution in [3.05, 3.63) is 57.1 Å². The number of carboxylic acids is 1. The highest BCUT2D eigenvalue weighted by atomic mass is 35.5. The second-order valence-electron chi connectivity index (χ2n) is 7.24. The zero-order valence-electron chi connectivity index (χ0n) is 16.3. The standard InChI is InChI=1S/C21H23N3O4.ClH/c1-3-15-18(23-20(26)17(19(15)25)21(27)28)12-6-7-24-14(9-12)8-11-4-5-13(22-2)10-16(11)24;/h6-9,13,22H,3-5,10H2,1-2H3,(H,27,28)(H2,23,25,26);1H. The minimum absolute atomic E-state index is 0. The van der Waals surface area contributed by atoms with Crippen LogP contribution in [0.5, 0.6) is 5.75 Å². The molecule has 1 unspecified atom stereocenters. The number of nitrogens with zero attached hydrogens (tertiary/aromatic N) is 1. The minimum atomic E-state index is -1.44. The number of hydrogen-bond donors (Lipinski definition) is 4. The predicted molar refractivity (Wildman–Crippen MR) is 114 cm³/mol. The van der Waals surface area contributed by atoms with E-state index in [-0.39, 0.29) is 12.4 Å². The molecule has 1 atom stereocenters. The van der Waals surface area contributed by atoms with Gasteiger partial charge in [0.2, 0.25) is 0 Å². The molecule has 0 saturated carbocycles. The van der Waals surface area contributed by atoms with Crippen molar-refractivity contribution in [2.24, 2.45) is 0 Å². The first kappa shape index (κ1) is 21.0. The van der Waals surface area contributed by atoms with Gasteiger partial charge in [-0.25, -0.2) is 4.79 Å². The van der Waals surface area contributed by atoms with Crippen molar-refractivity contribution >= 4 is 23.9 Å². The quantitative estimate of drug-likeness (QED) is 0.522. The lowest BCUT2D eigenvalue weighted by atomic mass is 9.94. The fourth-order valence-electron chi connectivity index (χ4n) is 4.22. The van der Waals surface area contributed by atoms with Gasteiger partial charge in [0.25, 0.3) is 5.56 Å². The number of H-pyrrole nitrogens is 1. The van der Waals surface area contributed by atoms with Gasteiger partial charge in [0.05, 0.1) is 5.69 Å². The van der Waals surface area contributed by atoms with Crippen molar-refractivity contribution in [2.75, 3.05) is 7.05 Å². The maximum absolute atomic E-state index is 12.2. The Labute approximate surface area is 173 Å². The zero-order valence-corrected chi connectivity index (χ0v) is 17.1. The van der Waals surface area contributed by atoms with Crippen molar-refractivity contribution in [1.82, 2.24) is 14.7 Å². The number of aromatic carboxylic acids is 1. The average molecular weight is 418 g/mol. The van der Waals surface area contributed by atoms with Gasteiger partial charge in [-0.2, -0.15) is 0 Å². The summed E-state index contributed by atoms with van der Waals surface area (Å²) in [6, 6.07) is 6.49. The molecule has 0 aromatic carbocycles. The molecule has 1 aliphatic rings. The first-order chi connectivity index (χ1) is 13.4. The van der Waals surface area contributed by atoms with Crippen LogP contribution in [0, 0.1) is 0 Å². The lowest BCUT2D eigenvalue weighted by Crippen LogP contribution is -2.31. The second kappa shape index (κ2) is 7.93. The van der Waals surface area contributed by atoms with Crippen LogP contribution < -0.4 is 10.9 Å². The summed E-state index contributed by atoms with van der Waals surface area (Å²) in [5, 5.41) is 22.9. The summed E-state index contributed by atoms with van der Waals surface area (Å²) in [6.45, 7) is 1.81. The van der Waals surface area contributed by atoms with Gasteiger partial charge < -0.3 is 24.9 Å². The Morgan fingerprint density at radius 1 is 1.38 bits per heavy atom. The second-order valence-corrected chi connectivity index (χ2v) is 7.24. The number of aromatic hydroxyl groups is 1. The molecule has 7 nitrogen and oxygen atoms in total. The molecular formula is C21H24ClN3O4. The molecule has 4 rings (SSSR count). The topological polar surface area (TPSA) is 107 Å². The SMILES string of the molecule is CCc1c(-c2ccn3c4c(cc3c2)CCC(NC)C4)[nH]c(=O)c(C(=O)O)c1O.Cl. The number of carbonyl (C=O) groups is 1. The molecule has 4 N–H and O–H groups in total. The largest absolute Gasteiger partial charge is 0.506 e. The van der Waals surface area contributed by atoms with E-state index in [1.54, 1.807) is 0 Å². The molecule has 0 radical (unpaired) electrons. The molecule has 1 aliphatic carbocycles. The number of aromatic nitrogens is 2. The summed E-state index contributed by atoms with van der Waals surface area (Å²) in [5.74, 6) is -1.89. The maximum Gasteiger partial charge on any atom is 0.345 e. The molecule has 8 heteroatoms. The summed E-state index contributed by atoms with van der Waals surface area (Å²) >= 11 is 0. The number of carboxylic acid groups (broad SMARTS) is 1. The Bertz CT molecular complexity index is 1150. The molecule has 3 aromatic rings. The number of rotatable bonds is 4. The van der Waals surface area contributed by atoms with Crippen LogP contribution in [0.15, 0.2) is 29.2 Å². The van der Waals surface area contributed by atoms with Gasteiger partial charge in [-0.3, -0.25) is 4.79 Å². The molecule has 154 valence electrons. The van der Waals surface area contributed by atoms with E-state index >= 15 is 0 Å². The van der Waals surface area contributed by atoms with E-state index in [2.05, 4.69) is 20.8 Å². The highest BCUT2D eigenvalue weighted by molar-refractivity contribution is 5.92. The van der Waals surface area contributed by atoms with E-state index in [1.165, 1.54) is 11.3 Å². The number of halogens is 1. The smallest absolute Gasteiger partial charge is 0.345 e. The molecule has 0 amide bonds. The summed E-state index contributed by atoms with van der Waals surface area (Å²) in [5.41, 5.74) is 3.86. The molecule has 0 bridgehead atoms. The van der Waals surface area contributed by atoms with E-state index in [4.69, 9.17) is 0 Å². The van der Waals surface area contributed by atoms with Gasteiger partial charge >= 0.3 is 5.97 Å². The first-order valence-electron chi connectivity index (χ1n) is 9.46. The molecule has 3 aromatic heterocycles. The van der Waals surface area contributed by atoms with Crippen LogP contribution >= 0.6 is 12.4 Å².